The largest absolute Gasteiger partial charge is 0.356 e. The molecule has 11 heteroatoms. The van der Waals surface area contributed by atoms with Gasteiger partial charge in [-0.15, -0.1) is 0 Å². The molecule has 0 spiro atoms. The highest BCUT2D eigenvalue weighted by Crippen LogP contribution is 2.36. The summed E-state index contributed by atoms with van der Waals surface area (Å²) in [6, 6.07) is 8.44. The van der Waals surface area contributed by atoms with Gasteiger partial charge in [0, 0.05) is 30.0 Å². The molecule has 1 saturated carbocycles. The Morgan fingerprint density at radius 2 is 1.77 bits per heavy atom. The summed E-state index contributed by atoms with van der Waals surface area (Å²) in [6.45, 7) is 1.89. The lowest BCUT2D eigenvalue weighted by atomic mass is 9.81. The second kappa shape index (κ2) is 7.51. The first-order chi connectivity index (χ1) is 14.1. The van der Waals surface area contributed by atoms with Gasteiger partial charge >= 0.3 is 0 Å². The third kappa shape index (κ3) is 3.91. The Bertz CT molecular complexity index is 1300. The summed E-state index contributed by atoms with van der Waals surface area (Å²) in [5, 5.41) is 0.615. The molecule has 0 atom stereocenters. The van der Waals surface area contributed by atoms with Crippen molar-refractivity contribution >= 4 is 46.6 Å². The number of rotatable bonds is 6. The summed E-state index contributed by atoms with van der Waals surface area (Å²) in [6.07, 6.45) is 4.18. The van der Waals surface area contributed by atoms with Crippen molar-refractivity contribution in [1.82, 2.24) is 13.9 Å². The number of fused-ring (bicyclic) bond motifs is 1. The van der Waals surface area contributed by atoms with Crippen LogP contribution in [0.4, 0.5) is 5.82 Å². The van der Waals surface area contributed by atoms with Crippen molar-refractivity contribution in [3.05, 3.63) is 48.4 Å². The van der Waals surface area contributed by atoms with Crippen molar-refractivity contribution in [1.29, 1.82) is 0 Å². The van der Waals surface area contributed by atoms with Gasteiger partial charge in [-0.05, 0) is 43.9 Å². The molecule has 2 heterocycles. The van der Waals surface area contributed by atoms with Crippen molar-refractivity contribution < 1.29 is 16.8 Å². The van der Waals surface area contributed by atoms with Gasteiger partial charge < -0.3 is 4.90 Å². The van der Waals surface area contributed by atoms with E-state index in [9.17, 15) is 16.8 Å². The SMILES string of the molecule is Cc1ccc(S(=O)(=O)n2ccc3c(N(C)[C@H]4C[C@H](CS(=O)(=O)Cl)C4)ncnc32)cc1. The van der Waals surface area contributed by atoms with Gasteiger partial charge in [0.25, 0.3) is 10.0 Å². The second-order valence-corrected chi connectivity index (χ2v) is 12.3. The van der Waals surface area contributed by atoms with Crippen molar-refractivity contribution in [2.75, 3.05) is 17.7 Å². The second-order valence-electron chi connectivity index (χ2n) is 7.67. The predicted octanol–water partition coefficient (Wildman–Crippen LogP) is 2.76. The van der Waals surface area contributed by atoms with Gasteiger partial charge in [0.05, 0.1) is 16.0 Å². The zero-order valence-corrected chi connectivity index (χ0v) is 18.8. The Hall–Kier alpha value is -2.17. The normalized spacial score (nSPS) is 19.6. The molecule has 2 aromatic heterocycles. The van der Waals surface area contributed by atoms with Crippen molar-refractivity contribution in [2.45, 2.75) is 30.7 Å². The lowest BCUT2D eigenvalue weighted by Gasteiger charge is -2.41. The molecule has 3 aromatic rings. The Morgan fingerprint density at radius 1 is 1.10 bits per heavy atom. The van der Waals surface area contributed by atoms with Gasteiger partial charge in [-0.2, -0.15) is 0 Å². The Labute approximate surface area is 180 Å². The molecule has 1 aliphatic rings. The Morgan fingerprint density at radius 3 is 2.40 bits per heavy atom. The lowest BCUT2D eigenvalue weighted by Crippen LogP contribution is -2.44. The molecule has 0 amide bonds. The molecule has 4 rings (SSSR count). The van der Waals surface area contributed by atoms with Crippen LogP contribution in [0.2, 0.25) is 0 Å². The number of anilines is 1. The molecule has 1 fully saturated rings. The number of halogens is 1. The van der Waals surface area contributed by atoms with E-state index >= 15 is 0 Å². The van der Waals surface area contributed by atoms with Crippen molar-refractivity contribution in [3.8, 4) is 0 Å². The first kappa shape index (κ1) is 21.1. The summed E-state index contributed by atoms with van der Waals surface area (Å²) in [5.41, 5.74) is 1.27. The van der Waals surface area contributed by atoms with Crippen LogP contribution in [0.5, 0.6) is 0 Å². The third-order valence-corrected chi connectivity index (χ3v) is 8.46. The number of aromatic nitrogens is 3. The molecule has 1 aliphatic carbocycles. The smallest absolute Gasteiger partial charge is 0.269 e. The van der Waals surface area contributed by atoms with Crippen LogP contribution < -0.4 is 4.90 Å². The van der Waals surface area contributed by atoms with Gasteiger partial charge in [0.15, 0.2) is 5.65 Å². The number of hydrogen-bond acceptors (Lipinski definition) is 7. The molecule has 160 valence electrons. The van der Waals surface area contributed by atoms with E-state index in [-0.39, 0.29) is 22.6 Å². The summed E-state index contributed by atoms with van der Waals surface area (Å²) in [7, 11) is -0.102. The van der Waals surface area contributed by atoms with E-state index in [1.165, 1.54) is 12.5 Å². The predicted molar refractivity (Wildman–Crippen MR) is 116 cm³/mol. The zero-order chi connectivity index (χ0) is 21.7. The zero-order valence-electron chi connectivity index (χ0n) is 16.4. The summed E-state index contributed by atoms with van der Waals surface area (Å²) >= 11 is 0. The van der Waals surface area contributed by atoms with Crippen LogP contribution in [-0.2, 0) is 19.1 Å². The number of aryl methyl sites for hydroxylation is 1. The average Bonchev–Trinajstić information content (AvgIpc) is 3.08. The highest BCUT2D eigenvalue weighted by molar-refractivity contribution is 8.13. The van der Waals surface area contributed by atoms with Gasteiger partial charge in [-0.3, -0.25) is 0 Å². The van der Waals surface area contributed by atoms with Gasteiger partial charge in [0.2, 0.25) is 9.05 Å². The highest BCUT2D eigenvalue weighted by atomic mass is 35.7. The van der Waals surface area contributed by atoms with E-state index in [1.54, 1.807) is 30.3 Å². The maximum absolute atomic E-state index is 13.1. The third-order valence-electron chi connectivity index (χ3n) is 5.53. The van der Waals surface area contributed by atoms with E-state index in [0.717, 1.165) is 9.54 Å². The minimum atomic E-state index is -3.80. The fraction of sp³-hybridized carbons (Fsp3) is 0.368. The number of nitrogens with zero attached hydrogens (tertiary/aromatic N) is 4. The fourth-order valence-corrected chi connectivity index (χ4v) is 6.49. The van der Waals surface area contributed by atoms with E-state index in [2.05, 4.69) is 9.97 Å². The average molecular weight is 469 g/mol. The maximum Gasteiger partial charge on any atom is 0.269 e. The number of hydrogen-bond donors (Lipinski definition) is 0. The maximum atomic E-state index is 13.1. The van der Waals surface area contributed by atoms with E-state index in [4.69, 9.17) is 10.7 Å². The van der Waals surface area contributed by atoms with Crippen LogP contribution in [0, 0.1) is 12.8 Å². The molecule has 0 N–H and O–H groups in total. The first-order valence-electron chi connectivity index (χ1n) is 9.36. The molecule has 0 bridgehead atoms. The molecule has 8 nitrogen and oxygen atoms in total. The Kier molecular flexibility index (Phi) is 5.27. The van der Waals surface area contributed by atoms with Gasteiger partial charge in [-0.1, -0.05) is 17.7 Å². The van der Waals surface area contributed by atoms with E-state index in [1.807, 2.05) is 18.9 Å². The molecule has 0 saturated heterocycles. The quantitative estimate of drug-likeness (QED) is 0.512. The van der Waals surface area contributed by atoms with Crippen LogP contribution in [0.3, 0.4) is 0 Å². The van der Waals surface area contributed by atoms with Gasteiger partial charge in [0.1, 0.15) is 12.1 Å². The highest BCUT2D eigenvalue weighted by Gasteiger charge is 2.36. The van der Waals surface area contributed by atoms with E-state index < -0.39 is 19.1 Å². The molecule has 0 aliphatic heterocycles. The summed E-state index contributed by atoms with van der Waals surface area (Å²) in [4.78, 5) is 10.7. The van der Waals surface area contributed by atoms with Crippen LogP contribution in [0.1, 0.15) is 18.4 Å². The fourth-order valence-electron chi connectivity index (χ4n) is 3.82. The summed E-state index contributed by atoms with van der Waals surface area (Å²) in [5.74, 6) is 0.585. The molecule has 0 unspecified atom stereocenters. The monoisotopic (exact) mass is 468 g/mol. The van der Waals surface area contributed by atoms with Crippen LogP contribution in [0.15, 0.2) is 47.8 Å². The van der Waals surface area contributed by atoms with Crippen molar-refractivity contribution in [3.63, 3.8) is 0 Å². The molecule has 0 radical (unpaired) electrons. The standard InChI is InChI=1S/C19H21ClN4O4S2/c1-13-3-5-16(6-4-13)30(27,28)24-8-7-17-18(21-12-22-19(17)24)23(2)15-9-14(10-15)11-29(20,25)26/h3-8,12,14-15H,9-11H2,1-2H3/t14-,15-. The molecule has 30 heavy (non-hydrogen) atoms. The lowest BCUT2D eigenvalue weighted by molar-refractivity contribution is 0.283. The molecule has 1 aromatic carbocycles. The topological polar surface area (TPSA) is 102 Å². The van der Waals surface area contributed by atoms with E-state index in [0.29, 0.717) is 29.7 Å². The minimum absolute atomic E-state index is 0.0174. The molecular formula is C19H21ClN4O4S2. The van der Waals surface area contributed by atoms with Crippen LogP contribution in [-0.4, -0.2) is 49.6 Å². The molecular weight excluding hydrogens is 448 g/mol. The number of benzene rings is 1. The minimum Gasteiger partial charge on any atom is -0.356 e. The van der Waals surface area contributed by atoms with Crippen molar-refractivity contribution in [2.24, 2.45) is 5.92 Å². The summed E-state index contributed by atoms with van der Waals surface area (Å²) < 4.78 is 49.9. The van der Waals surface area contributed by atoms with Crippen LogP contribution in [0.25, 0.3) is 11.0 Å². The Balaban J connectivity index is 1.64. The van der Waals surface area contributed by atoms with Crippen LogP contribution >= 0.6 is 10.7 Å². The van der Waals surface area contributed by atoms with Gasteiger partial charge in [-0.25, -0.2) is 30.8 Å². The first-order valence-corrected chi connectivity index (χ1v) is 13.3.